The molecule has 0 fully saturated rings. The van der Waals surface area contributed by atoms with Crippen molar-refractivity contribution in [2.75, 3.05) is 6.54 Å². The van der Waals surface area contributed by atoms with E-state index in [1.165, 1.54) is 24.3 Å². The van der Waals surface area contributed by atoms with E-state index in [9.17, 15) is 14.0 Å². The highest BCUT2D eigenvalue weighted by Crippen LogP contribution is 2.21. The lowest BCUT2D eigenvalue weighted by molar-refractivity contribution is -0.120. The van der Waals surface area contributed by atoms with Gasteiger partial charge in [0, 0.05) is 16.2 Å². The first-order chi connectivity index (χ1) is 11.9. The van der Waals surface area contributed by atoms with Crippen LogP contribution in [0.4, 0.5) is 4.39 Å². The number of hydrogen-bond acceptors (Lipinski definition) is 2. The molecule has 0 spiro atoms. The molecule has 0 saturated carbocycles. The zero-order valence-corrected chi connectivity index (χ0v) is 14.4. The topological polar surface area (TPSA) is 46.2 Å². The molecule has 2 aromatic carbocycles. The van der Waals surface area contributed by atoms with Crippen molar-refractivity contribution in [3.63, 3.8) is 0 Å². The quantitative estimate of drug-likeness (QED) is 0.619. The third-order valence-electron chi connectivity index (χ3n) is 3.43. The molecule has 0 aliphatic rings. The van der Waals surface area contributed by atoms with Gasteiger partial charge in [-0.3, -0.25) is 9.59 Å². The first kappa shape index (κ1) is 18.6. The number of benzene rings is 2. The van der Waals surface area contributed by atoms with Crippen LogP contribution < -0.4 is 5.32 Å². The minimum Gasteiger partial charge on any atom is -0.345 e. The van der Waals surface area contributed by atoms with Gasteiger partial charge in [0.15, 0.2) is 5.78 Å². The van der Waals surface area contributed by atoms with Gasteiger partial charge < -0.3 is 5.32 Å². The van der Waals surface area contributed by atoms with Gasteiger partial charge in [0.25, 0.3) is 0 Å². The maximum absolute atomic E-state index is 13.2. The first-order valence-corrected chi connectivity index (χ1v) is 7.94. The van der Waals surface area contributed by atoms with Crippen molar-refractivity contribution in [3.8, 4) is 0 Å². The monoisotopic (exact) mass is 357 g/mol. The molecule has 3 nitrogen and oxygen atoms in total. The van der Waals surface area contributed by atoms with Crippen LogP contribution in [-0.2, 0) is 9.59 Å². The van der Waals surface area contributed by atoms with Crippen molar-refractivity contribution in [3.05, 3.63) is 82.6 Å². The number of carbonyl (C=O) groups excluding carboxylic acids is 2. The first-order valence-electron chi connectivity index (χ1n) is 7.57. The molecule has 2 aromatic rings. The Labute approximate surface area is 150 Å². The zero-order chi connectivity index (χ0) is 18.4. The average molecular weight is 358 g/mol. The van der Waals surface area contributed by atoms with Crippen molar-refractivity contribution < 1.29 is 14.0 Å². The summed E-state index contributed by atoms with van der Waals surface area (Å²) in [5.74, 6) is -1.08. The normalized spacial score (nSPS) is 11.1. The Morgan fingerprint density at radius 3 is 2.28 bits per heavy atom. The van der Waals surface area contributed by atoms with Crippen LogP contribution in [0.3, 0.4) is 0 Å². The summed E-state index contributed by atoms with van der Waals surface area (Å²) in [4.78, 5) is 24.2. The number of hydrogen-bond donors (Lipinski definition) is 1. The lowest BCUT2D eigenvalue weighted by Crippen LogP contribution is -2.30. The van der Waals surface area contributed by atoms with Gasteiger partial charge in [-0.05, 0) is 48.4 Å². The fraction of sp³-hybridized carbons (Fsp3) is 0.100. The van der Waals surface area contributed by atoms with Crippen molar-refractivity contribution in [1.82, 2.24) is 5.32 Å². The van der Waals surface area contributed by atoms with Crippen LogP contribution in [0.25, 0.3) is 11.6 Å². The van der Waals surface area contributed by atoms with E-state index in [4.69, 9.17) is 11.6 Å². The number of ketones is 1. The molecule has 0 radical (unpaired) electrons. The second kappa shape index (κ2) is 8.40. The molecule has 0 bridgehead atoms. The largest absolute Gasteiger partial charge is 0.345 e. The Kier molecular flexibility index (Phi) is 6.25. The molecule has 0 unspecified atom stereocenters. The molecule has 0 saturated heterocycles. The maximum Gasteiger partial charge on any atom is 0.246 e. The van der Waals surface area contributed by atoms with Gasteiger partial charge in [0.05, 0.1) is 6.54 Å². The van der Waals surface area contributed by atoms with Crippen LogP contribution >= 0.6 is 11.6 Å². The molecule has 2 rings (SSSR count). The SMILES string of the molecule is C=C(C)C(=O)NCC(=O)/C(=C/c1ccc(Cl)cc1)c1ccc(F)cc1. The fourth-order valence-corrected chi connectivity index (χ4v) is 2.21. The van der Waals surface area contributed by atoms with Gasteiger partial charge in [-0.15, -0.1) is 0 Å². The molecule has 25 heavy (non-hydrogen) atoms. The molecule has 0 aromatic heterocycles. The molecular weight excluding hydrogens is 341 g/mol. The molecular formula is C20H17ClFNO2. The summed E-state index contributed by atoms with van der Waals surface area (Å²) in [6, 6.07) is 12.6. The van der Waals surface area contributed by atoms with E-state index < -0.39 is 11.7 Å². The molecule has 0 aliphatic heterocycles. The number of amides is 1. The second-order valence-corrected chi connectivity index (χ2v) is 5.94. The van der Waals surface area contributed by atoms with Crippen LogP contribution in [-0.4, -0.2) is 18.2 Å². The van der Waals surface area contributed by atoms with Crippen molar-refractivity contribution in [1.29, 1.82) is 0 Å². The van der Waals surface area contributed by atoms with Gasteiger partial charge in [-0.1, -0.05) is 42.4 Å². The Bertz CT molecular complexity index is 824. The lowest BCUT2D eigenvalue weighted by Gasteiger charge is -2.09. The fourth-order valence-electron chi connectivity index (χ4n) is 2.09. The van der Waals surface area contributed by atoms with Gasteiger partial charge in [0.1, 0.15) is 5.82 Å². The molecule has 0 atom stereocenters. The van der Waals surface area contributed by atoms with Gasteiger partial charge >= 0.3 is 0 Å². The minimum atomic E-state index is -0.391. The van der Waals surface area contributed by atoms with Crippen LogP contribution in [0.1, 0.15) is 18.1 Å². The molecule has 1 N–H and O–H groups in total. The number of rotatable bonds is 6. The Balaban J connectivity index is 2.33. The Morgan fingerprint density at radius 2 is 1.72 bits per heavy atom. The van der Waals surface area contributed by atoms with Crippen molar-refractivity contribution in [2.45, 2.75) is 6.92 Å². The number of carbonyl (C=O) groups is 2. The highest BCUT2D eigenvalue weighted by atomic mass is 35.5. The lowest BCUT2D eigenvalue weighted by atomic mass is 9.98. The summed E-state index contributed by atoms with van der Waals surface area (Å²) in [6.45, 7) is 4.91. The summed E-state index contributed by atoms with van der Waals surface area (Å²) in [5, 5.41) is 3.10. The predicted molar refractivity (Wildman–Crippen MR) is 98.6 cm³/mol. The number of nitrogens with one attached hydrogen (secondary N) is 1. The standard InChI is InChI=1S/C20H17ClFNO2/c1-13(2)20(25)23-12-19(24)18(15-5-9-17(22)10-6-15)11-14-3-7-16(21)8-4-14/h3-11H,1,12H2,2H3,(H,23,25)/b18-11+. The van der Waals surface area contributed by atoms with E-state index in [-0.39, 0.29) is 12.3 Å². The number of Topliss-reactive ketones (excluding diaryl/α,β-unsaturated/α-hetero) is 1. The molecule has 0 heterocycles. The Morgan fingerprint density at radius 1 is 1.12 bits per heavy atom. The maximum atomic E-state index is 13.2. The van der Waals surface area contributed by atoms with Gasteiger partial charge in [-0.2, -0.15) is 0 Å². The van der Waals surface area contributed by atoms with Crippen LogP contribution in [0.5, 0.6) is 0 Å². The smallest absolute Gasteiger partial charge is 0.246 e. The number of halogens is 2. The molecule has 128 valence electrons. The van der Waals surface area contributed by atoms with Crippen LogP contribution in [0, 0.1) is 5.82 Å². The van der Waals surface area contributed by atoms with E-state index in [0.717, 1.165) is 5.56 Å². The van der Waals surface area contributed by atoms with E-state index in [1.54, 1.807) is 37.3 Å². The summed E-state index contributed by atoms with van der Waals surface area (Å²) in [6.07, 6.45) is 1.68. The molecule has 5 heteroatoms. The van der Waals surface area contributed by atoms with Crippen molar-refractivity contribution >= 4 is 34.9 Å². The summed E-state index contributed by atoms with van der Waals surface area (Å²) >= 11 is 5.87. The third-order valence-corrected chi connectivity index (χ3v) is 3.69. The minimum absolute atomic E-state index is 0.178. The van der Waals surface area contributed by atoms with E-state index in [1.807, 2.05) is 0 Å². The second-order valence-electron chi connectivity index (χ2n) is 5.50. The van der Waals surface area contributed by atoms with Crippen LogP contribution in [0.2, 0.25) is 5.02 Å². The third kappa shape index (κ3) is 5.40. The highest BCUT2D eigenvalue weighted by Gasteiger charge is 2.14. The highest BCUT2D eigenvalue weighted by molar-refractivity contribution is 6.30. The summed E-state index contributed by atoms with van der Waals surface area (Å²) in [7, 11) is 0. The van der Waals surface area contributed by atoms with Gasteiger partial charge in [-0.25, -0.2) is 4.39 Å². The van der Waals surface area contributed by atoms with Crippen molar-refractivity contribution in [2.24, 2.45) is 0 Å². The van der Waals surface area contributed by atoms with E-state index in [0.29, 0.717) is 21.7 Å². The summed E-state index contributed by atoms with van der Waals surface area (Å²) in [5.41, 5.74) is 2.01. The average Bonchev–Trinajstić information content (AvgIpc) is 2.59. The molecule has 1 amide bonds. The zero-order valence-electron chi connectivity index (χ0n) is 13.7. The summed E-state index contributed by atoms with van der Waals surface area (Å²) < 4.78 is 13.2. The van der Waals surface area contributed by atoms with Crippen LogP contribution in [0.15, 0.2) is 60.7 Å². The van der Waals surface area contributed by atoms with E-state index in [2.05, 4.69) is 11.9 Å². The predicted octanol–water partition coefficient (Wildman–Crippen LogP) is 4.28. The Hall–Kier alpha value is -2.72. The van der Waals surface area contributed by atoms with Gasteiger partial charge in [0.2, 0.25) is 5.91 Å². The molecule has 0 aliphatic carbocycles. The van der Waals surface area contributed by atoms with E-state index >= 15 is 0 Å².